The van der Waals surface area contributed by atoms with Gasteiger partial charge in [-0.3, -0.25) is 9.59 Å². The second-order valence-electron chi connectivity index (χ2n) is 7.55. The summed E-state index contributed by atoms with van der Waals surface area (Å²) < 4.78 is 0. The number of benzene rings is 2. The number of hydrogen-bond donors (Lipinski definition) is 2. The van der Waals surface area contributed by atoms with E-state index in [0.29, 0.717) is 23.5 Å². The van der Waals surface area contributed by atoms with Crippen LogP contribution in [0.15, 0.2) is 60.8 Å². The van der Waals surface area contributed by atoms with Crippen molar-refractivity contribution in [3.8, 4) is 0 Å². The molecule has 0 radical (unpaired) electrons. The summed E-state index contributed by atoms with van der Waals surface area (Å²) in [6.45, 7) is 4.16. The Balaban J connectivity index is 1.52. The van der Waals surface area contributed by atoms with Gasteiger partial charge in [0.25, 0.3) is 11.8 Å². The van der Waals surface area contributed by atoms with Crippen LogP contribution in [-0.2, 0) is 6.54 Å². The number of H-pyrrole nitrogens is 1. The highest BCUT2D eigenvalue weighted by Gasteiger charge is 2.16. The van der Waals surface area contributed by atoms with E-state index in [1.807, 2.05) is 50.2 Å². The molecule has 0 spiro atoms. The van der Waals surface area contributed by atoms with Crippen LogP contribution in [0.1, 0.15) is 37.9 Å². The first kappa shape index (κ1) is 20.3. The first-order valence-electron chi connectivity index (χ1n) is 9.94. The molecule has 4 rings (SSSR count). The Morgan fingerprint density at radius 3 is 2.65 bits per heavy atom. The molecule has 4 aromatic rings. The lowest BCUT2D eigenvalue weighted by Gasteiger charge is -2.17. The van der Waals surface area contributed by atoms with Gasteiger partial charge in [0.05, 0.1) is 12.1 Å². The van der Waals surface area contributed by atoms with Crippen LogP contribution < -0.4 is 5.32 Å². The Morgan fingerprint density at radius 2 is 1.87 bits per heavy atom. The zero-order valence-corrected chi connectivity index (χ0v) is 17.6. The number of rotatable bonds is 5. The fourth-order valence-corrected chi connectivity index (χ4v) is 3.33. The number of para-hydroxylation sites is 1. The summed E-state index contributed by atoms with van der Waals surface area (Å²) in [6, 6.07) is 16.5. The van der Waals surface area contributed by atoms with Gasteiger partial charge >= 0.3 is 0 Å². The van der Waals surface area contributed by atoms with E-state index in [-0.39, 0.29) is 11.8 Å². The Bertz CT molecular complexity index is 1280. The van der Waals surface area contributed by atoms with Gasteiger partial charge in [0, 0.05) is 35.6 Å². The van der Waals surface area contributed by atoms with Gasteiger partial charge in [-0.2, -0.15) is 0 Å². The van der Waals surface area contributed by atoms with Gasteiger partial charge in [-0.1, -0.05) is 30.3 Å². The van der Waals surface area contributed by atoms with Crippen LogP contribution in [0.3, 0.4) is 0 Å². The minimum atomic E-state index is -0.321. The summed E-state index contributed by atoms with van der Waals surface area (Å²) in [7, 11) is 1.72. The van der Waals surface area contributed by atoms with Crippen molar-refractivity contribution in [2.45, 2.75) is 20.4 Å². The molecule has 0 saturated carbocycles. The van der Waals surface area contributed by atoms with E-state index < -0.39 is 0 Å². The van der Waals surface area contributed by atoms with E-state index in [2.05, 4.69) is 20.3 Å². The number of fused-ring (bicyclic) bond motifs is 1. The van der Waals surface area contributed by atoms with Crippen molar-refractivity contribution < 1.29 is 9.59 Å². The zero-order valence-electron chi connectivity index (χ0n) is 17.6. The average molecular weight is 413 g/mol. The van der Waals surface area contributed by atoms with Crippen LogP contribution in [0.2, 0.25) is 0 Å². The van der Waals surface area contributed by atoms with Gasteiger partial charge < -0.3 is 15.2 Å². The van der Waals surface area contributed by atoms with Crippen LogP contribution in [0, 0.1) is 13.8 Å². The normalized spacial score (nSPS) is 10.8. The van der Waals surface area contributed by atoms with E-state index in [4.69, 9.17) is 0 Å². The number of aromatic nitrogens is 3. The van der Waals surface area contributed by atoms with Gasteiger partial charge in [0.15, 0.2) is 0 Å². The maximum Gasteiger partial charge on any atom is 0.274 e. The number of amides is 2. The molecule has 2 amide bonds. The molecule has 0 aliphatic heterocycles. The summed E-state index contributed by atoms with van der Waals surface area (Å²) >= 11 is 0. The minimum absolute atomic E-state index is 0.159. The molecule has 2 aromatic heterocycles. The van der Waals surface area contributed by atoms with Crippen molar-refractivity contribution in [2.75, 3.05) is 12.4 Å². The SMILES string of the molecule is Cc1cnc(CN(C)C(=O)c2ccc(C)c(NC(=O)c3ccc4ccccc4n3)c2)[nH]1. The van der Waals surface area contributed by atoms with Gasteiger partial charge in [-0.15, -0.1) is 0 Å². The number of aromatic amines is 1. The van der Waals surface area contributed by atoms with E-state index in [9.17, 15) is 9.59 Å². The molecule has 7 heteroatoms. The lowest BCUT2D eigenvalue weighted by molar-refractivity contribution is 0.0781. The Morgan fingerprint density at radius 1 is 1.06 bits per heavy atom. The molecule has 0 unspecified atom stereocenters. The van der Waals surface area contributed by atoms with Crippen molar-refractivity contribution in [1.82, 2.24) is 19.9 Å². The number of pyridine rings is 1. The molecule has 0 aliphatic carbocycles. The van der Waals surface area contributed by atoms with E-state index in [0.717, 1.165) is 28.0 Å². The fourth-order valence-electron chi connectivity index (χ4n) is 3.33. The first-order chi connectivity index (χ1) is 14.9. The number of anilines is 1. The molecule has 0 saturated heterocycles. The van der Waals surface area contributed by atoms with Crippen molar-refractivity contribution in [2.24, 2.45) is 0 Å². The van der Waals surface area contributed by atoms with E-state index in [1.54, 1.807) is 36.3 Å². The number of nitrogens with one attached hydrogen (secondary N) is 2. The highest BCUT2D eigenvalue weighted by atomic mass is 16.2. The summed E-state index contributed by atoms with van der Waals surface area (Å²) in [5, 5.41) is 3.86. The molecule has 0 aliphatic rings. The minimum Gasteiger partial charge on any atom is -0.345 e. The molecule has 0 bridgehead atoms. The van der Waals surface area contributed by atoms with Gasteiger partial charge in [-0.05, 0) is 43.7 Å². The predicted octanol–water partition coefficient (Wildman–Crippen LogP) is 4.10. The molecule has 156 valence electrons. The third kappa shape index (κ3) is 4.45. The van der Waals surface area contributed by atoms with Crippen LogP contribution >= 0.6 is 0 Å². The van der Waals surface area contributed by atoms with Crippen molar-refractivity contribution in [3.05, 3.63) is 89.1 Å². The van der Waals surface area contributed by atoms with Gasteiger partial charge in [-0.25, -0.2) is 9.97 Å². The van der Waals surface area contributed by atoms with E-state index in [1.165, 1.54) is 0 Å². The van der Waals surface area contributed by atoms with Crippen molar-refractivity contribution in [1.29, 1.82) is 0 Å². The Labute approximate surface area is 180 Å². The second-order valence-corrected chi connectivity index (χ2v) is 7.55. The van der Waals surface area contributed by atoms with Crippen LogP contribution in [0.5, 0.6) is 0 Å². The molecule has 2 aromatic carbocycles. The number of carbonyl (C=O) groups is 2. The zero-order chi connectivity index (χ0) is 22.0. The molecular weight excluding hydrogens is 390 g/mol. The average Bonchev–Trinajstić information content (AvgIpc) is 3.18. The third-order valence-electron chi connectivity index (χ3n) is 5.05. The topological polar surface area (TPSA) is 91.0 Å². The number of carbonyl (C=O) groups excluding carboxylic acids is 2. The monoisotopic (exact) mass is 413 g/mol. The predicted molar refractivity (Wildman–Crippen MR) is 120 cm³/mol. The number of hydrogen-bond acceptors (Lipinski definition) is 4. The molecule has 0 atom stereocenters. The molecule has 2 N–H and O–H groups in total. The quantitative estimate of drug-likeness (QED) is 0.515. The summed E-state index contributed by atoms with van der Waals surface area (Å²) in [5.41, 5.74) is 3.94. The maximum atomic E-state index is 12.9. The van der Waals surface area contributed by atoms with Crippen molar-refractivity contribution in [3.63, 3.8) is 0 Å². The van der Waals surface area contributed by atoms with Crippen LogP contribution in [-0.4, -0.2) is 38.7 Å². The highest BCUT2D eigenvalue weighted by Crippen LogP contribution is 2.20. The van der Waals surface area contributed by atoms with Crippen LogP contribution in [0.4, 0.5) is 5.69 Å². The number of aryl methyl sites for hydroxylation is 2. The molecule has 2 heterocycles. The number of nitrogens with zero attached hydrogens (tertiary/aromatic N) is 3. The summed E-state index contributed by atoms with van der Waals surface area (Å²) in [6.07, 6.45) is 1.73. The second kappa shape index (κ2) is 8.39. The first-order valence-corrected chi connectivity index (χ1v) is 9.94. The largest absolute Gasteiger partial charge is 0.345 e. The lowest BCUT2D eigenvalue weighted by Crippen LogP contribution is -2.27. The van der Waals surface area contributed by atoms with Crippen LogP contribution in [0.25, 0.3) is 10.9 Å². The van der Waals surface area contributed by atoms with Crippen molar-refractivity contribution >= 4 is 28.4 Å². The molecule has 31 heavy (non-hydrogen) atoms. The fraction of sp³-hybridized carbons (Fsp3) is 0.167. The Kier molecular flexibility index (Phi) is 5.49. The molecule has 0 fully saturated rings. The molecular formula is C24H23N5O2. The van der Waals surface area contributed by atoms with Gasteiger partial charge in [0.2, 0.25) is 0 Å². The lowest BCUT2D eigenvalue weighted by atomic mass is 10.1. The smallest absolute Gasteiger partial charge is 0.274 e. The summed E-state index contributed by atoms with van der Waals surface area (Å²) in [4.78, 5) is 39.1. The van der Waals surface area contributed by atoms with E-state index >= 15 is 0 Å². The summed E-state index contributed by atoms with van der Waals surface area (Å²) in [5.74, 6) is 0.239. The standard InChI is InChI=1S/C24H23N5O2/c1-15-8-9-18(24(31)29(3)14-22-25-13-16(2)26-22)12-21(15)28-23(30)20-11-10-17-6-4-5-7-19(17)27-20/h4-13H,14H2,1-3H3,(H,25,26)(H,28,30). The highest BCUT2D eigenvalue weighted by molar-refractivity contribution is 6.05. The number of imidazole rings is 1. The Hall–Kier alpha value is -4.00. The maximum absolute atomic E-state index is 12.9. The third-order valence-corrected chi connectivity index (χ3v) is 5.05. The van der Waals surface area contributed by atoms with Gasteiger partial charge in [0.1, 0.15) is 11.5 Å². The molecule has 7 nitrogen and oxygen atoms in total.